The summed E-state index contributed by atoms with van der Waals surface area (Å²) in [6.07, 6.45) is -4.36. The SMILES string of the molecule is CC(=O)NC1C(O)[C@H](OC(C)C)C(CO)O[C@H]1O. The Kier molecular flexibility index (Phi) is 5.48. The van der Waals surface area contributed by atoms with E-state index in [0.29, 0.717) is 0 Å². The van der Waals surface area contributed by atoms with Crippen molar-refractivity contribution < 1.29 is 29.6 Å². The van der Waals surface area contributed by atoms with Gasteiger partial charge < -0.3 is 30.1 Å². The van der Waals surface area contributed by atoms with Gasteiger partial charge in [-0.1, -0.05) is 0 Å². The van der Waals surface area contributed by atoms with Crippen LogP contribution in [0.5, 0.6) is 0 Å². The highest BCUT2D eigenvalue weighted by molar-refractivity contribution is 5.73. The first kappa shape index (κ1) is 15.3. The van der Waals surface area contributed by atoms with Crippen molar-refractivity contribution in [2.75, 3.05) is 6.61 Å². The van der Waals surface area contributed by atoms with Crippen LogP contribution in [0.3, 0.4) is 0 Å². The number of carbonyl (C=O) groups is 1. The Hall–Kier alpha value is -0.730. The molecule has 18 heavy (non-hydrogen) atoms. The van der Waals surface area contributed by atoms with E-state index in [4.69, 9.17) is 14.6 Å². The lowest BCUT2D eigenvalue weighted by molar-refractivity contribution is -0.268. The van der Waals surface area contributed by atoms with Crippen LogP contribution in [0.25, 0.3) is 0 Å². The minimum absolute atomic E-state index is 0.185. The third kappa shape index (κ3) is 3.63. The Morgan fingerprint density at radius 2 is 2.06 bits per heavy atom. The van der Waals surface area contributed by atoms with Crippen molar-refractivity contribution >= 4 is 5.91 Å². The van der Waals surface area contributed by atoms with Gasteiger partial charge in [-0.15, -0.1) is 0 Å². The van der Waals surface area contributed by atoms with Crippen molar-refractivity contribution in [3.05, 3.63) is 0 Å². The molecule has 106 valence electrons. The second-order valence-electron chi connectivity index (χ2n) is 4.61. The molecule has 0 bridgehead atoms. The summed E-state index contributed by atoms with van der Waals surface area (Å²) in [6, 6.07) is -0.978. The molecule has 3 unspecified atom stereocenters. The Balaban J connectivity index is 2.81. The zero-order valence-corrected chi connectivity index (χ0v) is 10.7. The standard InChI is InChI=1S/C11H21NO6/c1-5(2)17-10-7(4-13)18-11(16)8(9(10)15)12-6(3)14/h5,7-11,13,15-16H,4H2,1-3H3,(H,12,14)/t7?,8?,9?,10-,11-/m1/s1. The summed E-state index contributed by atoms with van der Waals surface area (Å²) in [5.41, 5.74) is 0. The van der Waals surface area contributed by atoms with Crippen LogP contribution >= 0.6 is 0 Å². The fraction of sp³-hybridized carbons (Fsp3) is 0.909. The number of ether oxygens (including phenoxy) is 2. The van der Waals surface area contributed by atoms with Crippen LogP contribution in [0.2, 0.25) is 0 Å². The highest BCUT2D eigenvalue weighted by Gasteiger charge is 2.45. The summed E-state index contributed by atoms with van der Waals surface area (Å²) in [5, 5.41) is 31.4. The highest BCUT2D eigenvalue weighted by Crippen LogP contribution is 2.23. The van der Waals surface area contributed by atoms with Crippen molar-refractivity contribution in [1.82, 2.24) is 5.32 Å². The number of carbonyl (C=O) groups excluding carboxylic acids is 1. The van der Waals surface area contributed by atoms with Gasteiger partial charge in [-0.25, -0.2) is 0 Å². The molecule has 1 aliphatic rings. The summed E-state index contributed by atoms with van der Waals surface area (Å²) in [6.45, 7) is 4.44. The number of nitrogens with one attached hydrogen (secondary N) is 1. The average molecular weight is 263 g/mol. The molecule has 0 aromatic carbocycles. The second-order valence-corrected chi connectivity index (χ2v) is 4.61. The van der Waals surface area contributed by atoms with E-state index in [9.17, 15) is 15.0 Å². The molecule has 5 atom stereocenters. The van der Waals surface area contributed by atoms with Crippen LogP contribution in [0.15, 0.2) is 0 Å². The number of hydrogen-bond donors (Lipinski definition) is 4. The zero-order valence-electron chi connectivity index (χ0n) is 10.7. The molecule has 0 spiro atoms. The van der Waals surface area contributed by atoms with Gasteiger partial charge in [0.15, 0.2) is 6.29 Å². The van der Waals surface area contributed by atoms with Crippen LogP contribution in [0, 0.1) is 0 Å². The molecule has 1 amide bonds. The first-order valence-electron chi connectivity index (χ1n) is 5.91. The predicted molar refractivity (Wildman–Crippen MR) is 61.6 cm³/mol. The van der Waals surface area contributed by atoms with E-state index in [1.807, 2.05) is 0 Å². The van der Waals surface area contributed by atoms with Gasteiger partial charge in [0, 0.05) is 6.92 Å². The molecule has 7 heteroatoms. The average Bonchev–Trinajstić information content (AvgIpc) is 2.27. The van der Waals surface area contributed by atoms with Crippen molar-refractivity contribution in [2.45, 2.75) is 57.5 Å². The zero-order chi connectivity index (χ0) is 13.9. The van der Waals surface area contributed by atoms with E-state index < -0.39 is 43.2 Å². The Morgan fingerprint density at radius 3 is 2.50 bits per heavy atom. The van der Waals surface area contributed by atoms with Gasteiger partial charge in [0.05, 0.1) is 12.7 Å². The largest absolute Gasteiger partial charge is 0.394 e. The predicted octanol–water partition coefficient (Wildman–Crippen LogP) is -1.64. The molecule has 1 aliphatic heterocycles. The van der Waals surface area contributed by atoms with E-state index in [2.05, 4.69) is 5.32 Å². The molecule has 0 saturated carbocycles. The topological polar surface area (TPSA) is 108 Å². The van der Waals surface area contributed by atoms with Crippen LogP contribution in [-0.4, -0.2) is 64.6 Å². The number of hydrogen-bond acceptors (Lipinski definition) is 6. The van der Waals surface area contributed by atoms with Gasteiger partial charge in [0.2, 0.25) is 5.91 Å². The van der Waals surface area contributed by atoms with E-state index in [-0.39, 0.29) is 6.10 Å². The Morgan fingerprint density at radius 1 is 1.44 bits per heavy atom. The van der Waals surface area contributed by atoms with Gasteiger partial charge in [0.1, 0.15) is 24.4 Å². The van der Waals surface area contributed by atoms with Crippen molar-refractivity contribution in [3.8, 4) is 0 Å². The maximum atomic E-state index is 11.0. The van der Waals surface area contributed by atoms with Gasteiger partial charge in [-0.3, -0.25) is 4.79 Å². The Labute approximate surface area is 106 Å². The van der Waals surface area contributed by atoms with Gasteiger partial charge >= 0.3 is 0 Å². The Bertz CT molecular complexity index is 285. The normalized spacial score (nSPS) is 36.7. The molecule has 1 rings (SSSR count). The molecule has 0 aliphatic carbocycles. The second kappa shape index (κ2) is 6.44. The van der Waals surface area contributed by atoms with Crippen LogP contribution < -0.4 is 5.32 Å². The maximum Gasteiger partial charge on any atom is 0.217 e. The van der Waals surface area contributed by atoms with E-state index in [1.165, 1.54) is 6.92 Å². The minimum atomic E-state index is -1.38. The maximum absolute atomic E-state index is 11.0. The quantitative estimate of drug-likeness (QED) is 0.484. The first-order chi connectivity index (χ1) is 8.36. The molecule has 7 nitrogen and oxygen atoms in total. The molecule has 0 aromatic heterocycles. The summed E-state index contributed by atoms with van der Waals surface area (Å²) in [4.78, 5) is 11.0. The summed E-state index contributed by atoms with van der Waals surface area (Å²) in [7, 11) is 0. The number of aliphatic hydroxyl groups excluding tert-OH is 3. The van der Waals surface area contributed by atoms with Gasteiger partial charge in [0.25, 0.3) is 0 Å². The third-order valence-electron chi connectivity index (χ3n) is 2.67. The number of amides is 1. The summed E-state index contributed by atoms with van der Waals surface area (Å²) >= 11 is 0. The van der Waals surface area contributed by atoms with Crippen molar-refractivity contribution in [1.29, 1.82) is 0 Å². The first-order valence-corrected chi connectivity index (χ1v) is 5.91. The number of rotatable bonds is 4. The molecule has 0 radical (unpaired) electrons. The fourth-order valence-electron chi connectivity index (χ4n) is 1.95. The van der Waals surface area contributed by atoms with E-state index >= 15 is 0 Å². The highest BCUT2D eigenvalue weighted by atomic mass is 16.6. The molecular formula is C11H21NO6. The van der Waals surface area contributed by atoms with Crippen LogP contribution in [-0.2, 0) is 14.3 Å². The lowest BCUT2D eigenvalue weighted by Crippen LogP contribution is -2.64. The lowest BCUT2D eigenvalue weighted by Gasteiger charge is -2.42. The molecule has 1 fully saturated rings. The van der Waals surface area contributed by atoms with Crippen LogP contribution in [0.1, 0.15) is 20.8 Å². The molecule has 0 aromatic rings. The monoisotopic (exact) mass is 263 g/mol. The molecule has 1 saturated heterocycles. The summed E-state index contributed by atoms with van der Waals surface area (Å²) in [5.74, 6) is -0.396. The lowest BCUT2D eigenvalue weighted by atomic mass is 9.96. The smallest absolute Gasteiger partial charge is 0.217 e. The van der Waals surface area contributed by atoms with E-state index in [0.717, 1.165) is 0 Å². The van der Waals surface area contributed by atoms with Crippen molar-refractivity contribution in [2.24, 2.45) is 0 Å². The number of aliphatic hydroxyl groups is 3. The van der Waals surface area contributed by atoms with Crippen molar-refractivity contribution in [3.63, 3.8) is 0 Å². The minimum Gasteiger partial charge on any atom is -0.394 e. The van der Waals surface area contributed by atoms with Gasteiger partial charge in [-0.2, -0.15) is 0 Å². The molecular weight excluding hydrogens is 242 g/mol. The van der Waals surface area contributed by atoms with Crippen LogP contribution in [0.4, 0.5) is 0 Å². The van der Waals surface area contributed by atoms with Gasteiger partial charge in [-0.05, 0) is 13.8 Å². The third-order valence-corrected chi connectivity index (χ3v) is 2.67. The van der Waals surface area contributed by atoms with E-state index in [1.54, 1.807) is 13.8 Å². The summed E-state index contributed by atoms with van der Waals surface area (Å²) < 4.78 is 10.6. The molecule has 4 N–H and O–H groups in total. The molecule has 1 heterocycles. The fourth-order valence-corrected chi connectivity index (χ4v) is 1.95.